The van der Waals surface area contributed by atoms with Crippen molar-refractivity contribution in [3.8, 4) is 0 Å². The zero-order valence-corrected chi connectivity index (χ0v) is 13.3. The number of likely N-dealkylation sites (N-methyl/N-ethyl adjacent to an activating group) is 1. The second-order valence-corrected chi connectivity index (χ2v) is 6.87. The van der Waals surface area contributed by atoms with E-state index in [1.54, 1.807) is 11.9 Å². The summed E-state index contributed by atoms with van der Waals surface area (Å²) in [4.78, 5) is 14.3. The van der Waals surface area contributed by atoms with Crippen molar-refractivity contribution in [3.05, 3.63) is 70.3 Å². The fraction of sp³-hybridized carbons (Fsp3) is 0.316. The number of hydrogen-bond acceptors (Lipinski definition) is 1. The molecule has 2 aliphatic rings. The molecule has 124 valence electrons. The third-order valence-corrected chi connectivity index (χ3v) is 5.41. The molecule has 24 heavy (non-hydrogen) atoms. The van der Waals surface area contributed by atoms with Gasteiger partial charge in [0.15, 0.2) is 0 Å². The molecule has 1 heterocycles. The van der Waals surface area contributed by atoms with Gasteiger partial charge in [0, 0.05) is 18.0 Å². The lowest BCUT2D eigenvalue weighted by atomic mass is 9.71. The monoisotopic (exact) mass is 331 g/mol. The molecule has 0 saturated carbocycles. The van der Waals surface area contributed by atoms with Gasteiger partial charge in [-0.1, -0.05) is 37.3 Å². The van der Waals surface area contributed by atoms with Gasteiger partial charge < -0.3 is 4.90 Å². The Bertz CT molecular complexity index is 858. The Morgan fingerprint density at radius 1 is 1.17 bits per heavy atom. The van der Waals surface area contributed by atoms with Gasteiger partial charge in [0.2, 0.25) is 0 Å². The van der Waals surface area contributed by atoms with E-state index >= 15 is 0 Å². The second-order valence-electron chi connectivity index (χ2n) is 6.87. The molecule has 1 aliphatic heterocycles. The minimum absolute atomic E-state index is 0.148. The van der Waals surface area contributed by atoms with Gasteiger partial charge in [-0.3, -0.25) is 4.79 Å². The minimum Gasteiger partial charge on any atom is -0.334 e. The van der Waals surface area contributed by atoms with Crippen molar-refractivity contribution in [3.63, 3.8) is 0 Å². The highest BCUT2D eigenvalue weighted by atomic mass is 19.4. The largest absolute Gasteiger partial charge is 0.416 e. The Labute approximate surface area is 137 Å². The second kappa shape index (κ2) is 4.62. The van der Waals surface area contributed by atoms with E-state index in [9.17, 15) is 18.0 Å². The average molecular weight is 331 g/mol. The summed E-state index contributed by atoms with van der Waals surface area (Å²) in [5, 5.41) is 0. The Morgan fingerprint density at radius 2 is 1.88 bits per heavy atom. The summed E-state index contributed by atoms with van der Waals surface area (Å²) < 4.78 is 39.1. The number of halogens is 3. The molecule has 0 radical (unpaired) electrons. The summed E-state index contributed by atoms with van der Waals surface area (Å²) >= 11 is 0. The highest BCUT2D eigenvalue weighted by Crippen LogP contribution is 2.54. The lowest BCUT2D eigenvalue weighted by Crippen LogP contribution is -2.47. The minimum atomic E-state index is -4.45. The molecule has 2 atom stereocenters. The van der Waals surface area contributed by atoms with Crippen LogP contribution in [0.3, 0.4) is 0 Å². The first-order valence-corrected chi connectivity index (χ1v) is 7.80. The van der Waals surface area contributed by atoms with Gasteiger partial charge in [0.1, 0.15) is 0 Å². The van der Waals surface area contributed by atoms with Gasteiger partial charge in [-0.25, -0.2) is 0 Å². The van der Waals surface area contributed by atoms with Crippen molar-refractivity contribution in [1.29, 1.82) is 0 Å². The Morgan fingerprint density at radius 3 is 2.58 bits per heavy atom. The van der Waals surface area contributed by atoms with Crippen LogP contribution in [0.5, 0.6) is 0 Å². The topological polar surface area (TPSA) is 20.3 Å². The molecular weight excluding hydrogens is 315 g/mol. The van der Waals surface area contributed by atoms with Crippen LogP contribution in [0.1, 0.15) is 45.6 Å². The number of amides is 1. The number of fused-ring (bicyclic) bond motifs is 5. The Hall–Kier alpha value is -2.30. The maximum absolute atomic E-state index is 13.0. The zero-order chi connectivity index (χ0) is 17.3. The SMILES string of the molecule is CN1C(=O)c2cc(C(F)(F)F)ccc2[C@@]2(C)Cc3ccccc3[C@@H]12. The van der Waals surface area contributed by atoms with Crippen molar-refractivity contribution in [2.75, 3.05) is 7.05 Å². The molecule has 2 nitrogen and oxygen atoms in total. The number of carbonyl (C=O) groups excluding carboxylic acids is 1. The predicted octanol–water partition coefficient (Wildman–Crippen LogP) is 4.35. The highest BCUT2D eigenvalue weighted by Gasteiger charge is 2.52. The lowest BCUT2D eigenvalue weighted by molar-refractivity contribution is -0.137. The van der Waals surface area contributed by atoms with Crippen molar-refractivity contribution in [2.45, 2.75) is 31.0 Å². The average Bonchev–Trinajstić information content (AvgIpc) is 2.84. The first-order chi connectivity index (χ1) is 11.2. The molecule has 0 N–H and O–H groups in total. The maximum Gasteiger partial charge on any atom is 0.416 e. The fourth-order valence-corrected chi connectivity index (χ4v) is 4.38. The van der Waals surface area contributed by atoms with Crippen LogP contribution in [-0.2, 0) is 18.0 Å². The van der Waals surface area contributed by atoms with Crippen molar-refractivity contribution in [1.82, 2.24) is 4.90 Å². The van der Waals surface area contributed by atoms with Crippen molar-refractivity contribution < 1.29 is 18.0 Å². The van der Waals surface area contributed by atoms with Crippen LogP contribution in [0, 0.1) is 0 Å². The zero-order valence-electron chi connectivity index (χ0n) is 13.3. The molecule has 0 bridgehead atoms. The molecule has 0 saturated heterocycles. The molecule has 1 amide bonds. The summed E-state index contributed by atoms with van der Waals surface area (Å²) in [5.74, 6) is -0.352. The summed E-state index contributed by atoms with van der Waals surface area (Å²) in [5.41, 5.74) is 1.92. The quantitative estimate of drug-likeness (QED) is 0.703. The van der Waals surface area contributed by atoms with Gasteiger partial charge in [-0.15, -0.1) is 0 Å². The van der Waals surface area contributed by atoms with E-state index in [0.717, 1.165) is 23.3 Å². The van der Waals surface area contributed by atoms with Crippen LogP contribution in [0.4, 0.5) is 13.2 Å². The van der Waals surface area contributed by atoms with Gasteiger partial charge >= 0.3 is 6.18 Å². The standard InChI is InChI=1S/C19H16F3NO/c1-18-10-11-5-3-4-6-13(11)16(18)23(2)17(24)14-9-12(19(20,21)22)7-8-15(14)18/h3-9,16H,10H2,1-2H3/t16-,18-/m1/s1. The fourth-order valence-electron chi connectivity index (χ4n) is 4.38. The van der Waals surface area contributed by atoms with Gasteiger partial charge in [-0.2, -0.15) is 13.2 Å². The van der Waals surface area contributed by atoms with Crippen LogP contribution in [-0.4, -0.2) is 17.9 Å². The normalized spacial score (nSPS) is 25.3. The summed E-state index contributed by atoms with van der Waals surface area (Å²) in [7, 11) is 1.68. The first kappa shape index (κ1) is 15.2. The van der Waals surface area contributed by atoms with Crippen LogP contribution in [0.25, 0.3) is 0 Å². The van der Waals surface area contributed by atoms with E-state index in [1.807, 2.05) is 31.2 Å². The van der Waals surface area contributed by atoms with Crippen LogP contribution in [0.15, 0.2) is 42.5 Å². The molecule has 4 rings (SSSR count). The van der Waals surface area contributed by atoms with E-state index in [2.05, 4.69) is 0 Å². The third kappa shape index (κ3) is 1.87. The van der Waals surface area contributed by atoms with Gasteiger partial charge in [-0.05, 0) is 35.2 Å². The number of nitrogens with zero attached hydrogens (tertiary/aromatic N) is 1. The molecule has 2 aromatic carbocycles. The molecule has 0 aromatic heterocycles. The number of hydrogen-bond donors (Lipinski definition) is 0. The maximum atomic E-state index is 13.0. The molecule has 2 aromatic rings. The number of alkyl halides is 3. The first-order valence-electron chi connectivity index (χ1n) is 7.80. The van der Waals surface area contributed by atoms with Crippen molar-refractivity contribution >= 4 is 5.91 Å². The van der Waals surface area contributed by atoms with E-state index in [-0.39, 0.29) is 17.5 Å². The Balaban J connectivity index is 1.94. The number of benzene rings is 2. The van der Waals surface area contributed by atoms with Crippen LogP contribution >= 0.6 is 0 Å². The molecule has 0 unspecified atom stereocenters. The van der Waals surface area contributed by atoms with Crippen LogP contribution in [0.2, 0.25) is 0 Å². The smallest absolute Gasteiger partial charge is 0.334 e. The van der Waals surface area contributed by atoms with Crippen molar-refractivity contribution in [2.24, 2.45) is 0 Å². The van der Waals surface area contributed by atoms with E-state index in [0.29, 0.717) is 12.0 Å². The van der Waals surface area contributed by atoms with E-state index < -0.39 is 17.2 Å². The number of carbonyl (C=O) groups is 1. The molecule has 0 spiro atoms. The molecule has 5 heteroatoms. The molecular formula is C19H16F3NO. The molecule has 0 fully saturated rings. The highest BCUT2D eigenvalue weighted by molar-refractivity contribution is 5.98. The molecule has 1 aliphatic carbocycles. The summed E-state index contributed by atoms with van der Waals surface area (Å²) in [6.07, 6.45) is -3.74. The van der Waals surface area contributed by atoms with E-state index in [4.69, 9.17) is 0 Å². The van der Waals surface area contributed by atoms with E-state index in [1.165, 1.54) is 6.07 Å². The predicted molar refractivity (Wildman–Crippen MR) is 83.8 cm³/mol. The van der Waals surface area contributed by atoms with Gasteiger partial charge in [0.25, 0.3) is 5.91 Å². The summed E-state index contributed by atoms with van der Waals surface area (Å²) in [6, 6.07) is 11.3. The Kier molecular flexibility index (Phi) is 2.93. The number of rotatable bonds is 0. The lowest BCUT2D eigenvalue weighted by Gasteiger charge is -2.44. The van der Waals surface area contributed by atoms with Gasteiger partial charge in [0.05, 0.1) is 11.6 Å². The third-order valence-electron chi connectivity index (χ3n) is 5.41. The van der Waals surface area contributed by atoms with Crippen LogP contribution < -0.4 is 0 Å². The summed E-state index contributed by atoms with van der Waals surface area (Å²) in [6.45, 7) is 2.03.